The van der Waals surface area contributed by atoms with Crippen molar-refractivity contribution >= 4 is 34.2 Å². The topological polar surface area (TPSA) is 50.4 Å². The Bertz CT molecular complexity index is 913. The Labute approximate surface area is 130 Å². The molecular formula is C16H10Cl2O3. The number of halogens is 2. The molecule has 0 atom stereocenters. The fraction of sp³-hybridized carbons (Fsp3) is 0.0625. The molecule has 0 aliphatic rings. The molecule has 0 spiro atoms. The highest BCUT2D eigenvalue weighted by molar-refractivity contribution is 6.33. The molecule has 0 saturated heterocycles. The summed E-state index contributed by atoms with van der Waals surface area (Å²) in [5.74, 6) is -0.421. The van der Waals surface area contributed by atoms with Crippen molar-refractivity contribution in [1.82, 2.24) is 0 Å². The average Bonchev–Trinajstić information content (AvgIpc) is 2.46. The minimum atomic E-state index is -0.534. The second-order valence-electron chi connectivity index (χ2n) is 4.69. The van der Waals surface area contributed by atoms with Crippen molar-refractivity contribution in [1.29, 1.82) is 0 Å². The Balaban J connectivity index is 2.41. The van der Waals surface area contributed by atoms with Crippen LogP contribution in [-0.4, -0.2) is 5.11 Å². The van der Waals surface area contributed by atoms with Gasteiger partial charge in [-0.15, -0.1) is 0 Å². The number of aryl methyl sites for hydroxylation is 1. The molecule has 0 radical (unpaired) electrons. The van der Waals surface area contributed by atoms with Crippen molar-refractivity contribution in [3.63, 3.8) is 0 Å². The summed E-state index contributed by atoms with van der Waals surface area (Å²) in [5.41, 5.74) is 1.06. The Hall–Kier alpha value is -1.97. The fourth-order valence-corrected chi connectivity index (χ4v) is 2.52. The molecule has 0 bridgehead atoms. The van der Waals surface area contributed by atoms with Crippen molar-refractivity contribution in [3.8, 4) is 17.1 Å². The first-order valence-corrected chi connectivity index (χ1v) is 6.95. The van der Waals surface area contributed by atoms with Crippen molar-refractivity contribution in [3.05, 3.63) is 62.2 Å². The van der Waals surface area contributed by atoms with Gasteiger partial charge in [-0.2, -0.15) is 0 Å². The molecule has 0 aliphatic carbocycles. The SMILES string of the molecule is Cc1cc2oc(-c3ccccc3Cl)c(O)c(=O)c2cc1Cl. The zero-order chi connectivity index (χ0) is 15.1. The van der Waals surface area contributed by atoms with Gasteiger partial charge in [0.25, 0.3) is 0 Å². The van der Waals surface area contributed by atoms with E-state index in [1.54, 1.807) is 30.3 Å². The third-order valence-electron chi connectivity index (χ3n) is 3.27. The number of hydrogen-bond acceptors (Lipinski definition) is 3. The fourth-order valence-electron chi connectivity index (χ4n) is 2.13. The van der Waals surface area contributed by atoms with E-state index in [-0.39, 0.29) is 11.1 Å². The molecule has 1 aromatic heterocycles. The summed E-state index contributed by atoms with van der Waals surface area (Å²) in [7, 11) is 0. The normalized spacial score (nSPS) is 11.0. The number of rotatable bonds is 1. The average molecular weight is 321 g/mol. The van der Waals surface area contributed by atoms with Gasteiger partial charge in [-0.1, -0.05) is 35.3 Å². The summed E-state index contributed by atoms with van der Waals surface area (Å²) in [5, 5.41) is 11.2. The molecule has 0 amide bonds. The van der Waals surface area contributed by atoms with E-state index >= 15 is 0 Å². The summed E-state index contributed by atoms with van der Waals surface area (Å²) in [4.78, 5) is 12.3. The molecule has 0 aliphatic heterocycles. The Morgan fingerprint density at radius 2 is 1.81 bits per heavy atom. The Morgan fingerprint density at radius 3 is 2.52 bits per heavy atom. The van der Waals surface area contributed by atoms with E-state index in [2.05, 4.69) is 0 Å². The molecule has 21 heavy (non-hydrogen) atoms. The molecule has 3 nitrogen and oxygen atoms in total. The number of fused-ring (bicyclic) bond motifs is 1. The second kappa shape index (κ2) is 5.10. The number of hydrogen-bond donors (Lipinski definition) is 1. The third-order valence-corrected chi connectivity index (χ3v) is 4.00. The van der Waals surface area contributed by atoms with Gasteiger partial charge in [-0.25, -0.2) is 0 Å². The van der Waals surface area contributed by atoms with Gasteiger partial charge in [-0.3, -0.25) is 4.79 Å². The maximum atomic E-state index is 12.3. The lowest BCUT2D eigenvalue weighted by molar-refractivity contribution is 0.449. The van der Waals surface area contributed by atoms with Crippen LogP contribution in [-0.2, 0) is 0 Å². The van der Waals surface area contributed by atoms with Crippen molar-refractivity contribution in [2.75, 3.05) is 0 Å². The summed E-state index contributed by atoms with van der Waals surface area (Å²) in [6.45, 7) is 1.81. The lowest BCUT2D eigenvalue weighted by Gasteiger charge is -2.08. The molecule has 3 rings (SSSR count). The summed E-state index contributed by atoms with van der Waals surface area (Å²) < 4.78 is 5.68. The smallest absolute Gasteiger partial charge is 0.235 e. The lowest BCUT2D eigenvalue weighted by Crippen LogP contribution is -2.03. The Kier molecular flexibility index (Phi) is 3.40. The van der Waals surface area contributed by atoms with Crippen molar-refractivity contribution in [2.24, 2.45) is 0 Å². The molecule has 2 aromatic carbocycles. The molecule has 0 fully saturated rings. The van der Waals surface area contributed by atoms with Crippen molar-refractivity contribution in [2.45, 2.75) is 6.92 Å². The molecule has 3 aromatic rings. The van der Waals surface area contributed by atoms with Gasteiger partial charge in [0.15, 0.2) is 5.76 Å². The van der Waals surface area contributed by atoms with E-state index < -0.39 is 11.2 Å². The van der Waals surface area contributed by atoms with Crippen LogP contribution >= 0.6 is 23.2 Å². The van der Waals surface area contributed by atoms with Crippen LogP contribution in [0.5, 0.6) is 5.75 Å². The minimum Gasteiger partial charge on any atom is -0.502 e. The highest BCUT2D eigenvalue weighted by atomic mass is 35.5. The largest absolute Gasteiger partial charge is 0.502 e. The number of aromatic hydroxyl groups is 1. The van der Waals surface area contributed by atoms with Crippen LogP contribution in [0.25, 0.3) is 22.3 Å². The van der Waals surface area contributed by atoms with Crippen LogP contribution in [0.2, 0.25) is 10.0 Å². The Morgan fingerprint density at radius 1 is 1.10 bits per heavy atom. The maximum absolute atomic E-state index is 12.3. The van der Waals surface area contributed by atoms with Crippen LogP contribution in [0, 0.1) is 6.92 Å². The quantitative estimate of drug-likeness (QED) is 0.701. The van der Waals surface area contributed by atoms with Gasteiger partial charge in [0.05, 0.1) is 10.4 Å². The molecule has 0 saturated carbocycles. The maximum Gasteiger partial charge on any atom is 0.235 e. The molecule has 1 N–H and O–H groups in total. The van der Waals surface area contributed by atoms with Crippen LogP contribution in [0.4, 0.5) is 0 Å². The standard InChI is InChI=1S/C16H10Cl2O3/c1-8-6-13-10(7-12(8)18)14(19)15(20)16(21-13)9-4-2-3-5-11(9)17/h2-7,20H,1H3. The van der Waals surface area contributed by atoms with E-state index in [1.165, 1.54) is 6.07 Å². The third kappa shape index (κ3) is 2.28. The first-order valence-electron chi connectivity index (χ1n) is 6.20. The molecule has 106 valence electrons. The van der Waals surface area contributed by atoms with E-state index in [4.69, 9.17) is 27.6 Å². The van der Waals surface area contributed by atoms with Gasteiger partial charge in [0.2, 0.25) is 11.2 Å². The predicted octanol–water partition coefficient (Wildman–Crippen LogP) is 4.78. The lowest BCUT2D eigenvalue weighted by atomic mass is 10.1. The van der Waals surface area contributed by atoms with Crippen LogP contribution in [0.1, 0.15) is 5.56 Å². The van der Waals surface area contributed by atoms with Crippen LogP contribution < -0.4 is 5.43 Å². The van der Waals surface area contributed by atoms with Gasteiger partial charge >= 0.3 is 0 Å². The van der Waals surface area contributed by atoms with Crippen molar-refractivity contribution < 1.29 is 9.52 Å². The zero-order valence-corrected chi connectivity index (χ0v) is 12.5. The van der Waals surface area contributed by atoms with E-state index in [1.807, 2.05) is 6.92 Å². The molecule has 1 heterocycles. The van der Waals surface area contributed by atoms with Gasteiger partial charge in [-0.05, 0) is 36.8 Å². The predicted molar refractivity (Wildman–Crippen MR) is 84.3 cm³/mol. The van der Waals surface area contributed by atoms with E-state index in [0.29, 0.717) is 21.2 Å². The van der Waals surface area contributed by atoms with E-state index in [9.17, 15) is 9.90 Å². The number of benzene rings is 2. The highest BCUT2D eigenvalue weighted by Crippen LogP contribution is 2.35. The zero-order valence-electron chi connectivity index (χ0n) is 11.0. The molecule has 5 heteroatoms. The van der Waals surface area contributed by atoms with Gasteiger partial charge in [0, 0.05) is 10.6 Å². The molecule has 0 unspecified atom stereocenters. The summed E-state index contributed by atoms with van der Waals surface area (Å²) in [6.07, 6.45) is 0. The summed E-state index contributed by atoms with van der Waals surface area (Å²) >= 11 is 12.1. The van der Waals surface area contributed by atoms with Gasteiger partial charge in [0.1, 0.15) is 5.58 Å². The van der Waals surface area contributed by atoms with Gasteiger partial charge < -0.3 is 9.52 Å². The monoisotopic (exact) mass is 320 g/mol. The minimum absolute atomic E-state index is 0.0554. The first-order chi connectivity index (χ1) is 9.99. The van der Waals surface area contributed by atoms with E-state index in [0.717, 1.165) is 5.56 Å². The molecular weight excluding hydrogens is 311 g/mol. The second-order valence-corrected chi connectivity index (χ2v) is 5.50. The highest BCUT2D eigenvalue weighted by Gasteiger charge is 2.18. The van der Waals surface area contributed by atoms with Crippen LogP contribution in [0.15, 0.2) is 45.6 Å². The first kappa shape index (κ1) is 14.0. The van der Waals surface area contributed by atoms with Crippen LogP contribution in [0.3, 0.4) is 0 Å². The summed E-state index contributed by atoms with van der Waals surface area (Å²) in [6, 6.07) is 10.00.